The van der Waals surface area contributed by atoms with Gasteiger partial charge in [0, 0.05) is 0 Å². The van der Waals surface area contributed by atoms with Crippen LogP contribution in [0.25, 0.3) is 0 Å². The van der Waals surface area contributed by atoms with Gasteiger partial charge in [-0.05, 0) is 44.9 Å². The molecule has 0 heterocycles. The van der Waals surface area contributed by atoms with Gasteiger partial charge < -0.3 is 20.1 Å². The third kappa shape index (κ3) is 7.83. The zero-order valence-corrected chi connectivity index (χ0v) is 21.2. The first-order valence-corrected chi connectivity index (χ1v) is 11.2. The fourth-order valence-electron chi connectivity index (χ4n) is 2.80. The molecular formula is C23H25Cl2N3O7. The lowest BCUT2D eigenvalue weighted by Gasteiger charge is -2.24. The van der Waals surface area contributed by atoms with Crippen LogP contribution >= 0.6 is 23.2 Å². The largest absolute Gasteiger partial charge is 0.444 e. The van der Waals surface area contributed by atoms with Crippen LogP contribution in [0.3, 0.4) is 0 Å². The number of hydrogen-bond acceptors (Lipinski definition) is 7. The number of nitro groups is 1. The SMILES string of the molecule is CC(C)[C@H](NC(=O)OC(C)(C)C)C(=O)Oc1cc([N+](=O)[O-])c(Cl)cc1C(=O)Nc1ccccc1Cl. The number of nitrogens with zero attached hydrogens (tertiary/aromatic N) is 1. The van der Waals surface area contributed by atoms with Gasteiger partial charge in [0.25, 0.3) is 11.6 Å². The lowest BCUT2D eigenvalue weighted by atomic mass is 10.0. The second-order valence-corrected chi connectivity index (χ2v) is 9.59. The number of halogens is 2. The van der Waals surface area contributed by atoms with Gasteiger partial charge in [-0.25, -0.2) is 9.59 Å². The molecule has 12 heteroatoms. The van der Waals surface area contributed by atoms with Gasteiger partial charge in [0.2, 0.25) is 0 Å². The van der Waals surface area contributed by atoms with Gasteiger partial charge in [-0.3, -0.25) is 14.9 Å². The van der Waals surface area contributed by atoms with Crippen LogP contribution in [0.1, 0.15) is 45.0 Å². The Morgan fingerprint density at radius 1 is 1.06 bits per heavy atom. The molecule has 35 heavy (non-hydrogen) atoms. The molecule has 0 aromatic heterocycles. The van der Waals surface area contributed by atoms with E-state index in [1.807, 2.05) is 0 Å². The quantitative estimate of drug-likeness (QED) is 0.207. The summed E-state index contributed by atoms with van der Waals surface area (Å²) in [6.45, 7) is 8.28. The van der Waals surface area contributed by atoms with E-state index < -0.39 is 51.9 Å². The van der Waals surface area contributed by atoms with E-state index in [-0.39, 0.29) is 21.3 Å². The highest BCUT2D eigenvalue weighted by Crippen LogP contribution is 2.34. The Labute approximate surface area is 212 Å². The van der Waals surface area contributed by atoms with E-state index >= 15 is 0 Å². The molecule has 0 radical (unpaired) electrons. The van der Waals surface area contributed by atoms with Crippen molar-refractivity contribution in [1.29, 1.82) is 0 Å². The van der Waals surface area contributed by atoms with Crippen molar-refractivity contribution in [2.45, 2.75) is 46.3 Å². The Bertz CT molecular complexity index is 1150. The molecule has 0 aliphatic rings. The Morgan fingerprint density at radius 2 is 1.69 bits per heavy atom. The molecule has 0 aliphatic heterocycles. The lowest BCUT2D eigenvalue weighted by molar-refractivity contribution is -0.384. The summed E-state index contributed by atoms with van der Waals surface area (Å²) in [6.07, 6.45) is -0.855. The number of para-hydroxylation sites is 1. The highest BCUT2D eigenvalue weighted by molar-refractivity contribution is 6.34. The van der Waals surface area contributed by atoms with Gasteiger partial charge in [-0.2, -0.15) is 0 Å². The van der Waals surface area contributed by atoms with Gasteiger partial charge in [-0.15, -0.1) is 0 Å². The van der Waals surface area contributed by atoms with Crippen molar-refractivity contribution in [2.24, 2.45) is 5.92 Å². The summed E-state index contributed by atoms with van der Waals surface area (Å²) in [4.78, 5) is 48.7. The Hall–Kier alpha value is -3.37. The third-order valence-corrected chi connectivity index (χ3v) is 5.05. The van der Waals surface area contributed by atoms with E-state index in [0.717, 1.165) is 12.1 Å². The average molecular weight is 526 g/mol. The number of esters is 1. The monoisotopic (exact) mass is 525 g/mol. The topological polar surface area (TPSA) is 137 Å². The van der Waals surface area contributed by atoms with Gasteiger partial charge in [0.05, 0.1) is 27.3 Å². The standard InChI is InChI=1S/C23H25Cl2N3O7/c1-12(2)19(27-22(31)35-23(3,4)5)21(30)34-18-11-17(28(32)33)15(25)10-13(18)20(29)26-16-9-7-6-8-14(16)24/h6-12,19H,1-5H3,(H,26,29)(H,27,31)/t19-/m0/s1. The van der Waals surface area contributed by atoms with Gasteiger partial charge in [0.1, 0.15) is 16.7 Å². The maximum atomic E-state index is 13.0. The van der Waals surface area contributed by atoms with E-state index in [1.165, 1.54) is 0 Å². The molecule has 2 aromatic rings. The highest BCUT2D eigenvalue weighted by atomic mass is 35.5. The second kappa shape index (κ2) is 11.4. The zero-order chi connectivity index (χ0) is 26.5. The van der Waals surface area contributed by atoms with Crippen molar-refractivity contribution < 1.29 is 28.8 Å². The number of carbonyl (C=O) groups excluding carboxylic acids is 3. The number of benzene rings is 2. The van der Waals surface area contributed by atoms with Gasteiger partial charge in [-0.1, -0.05) is 49.2 Å². The van der Waals surface area contributed by atoms with Crippen LogP contribution < -0.4 is 15.4 Å². The van der Waals surface area contributed by atoms with Gasteiger partial charge in [0.15, 0.2) is 5.75 Å². The van der Waals surface area contributed by atoms with Crippen LogP contribution in [0.5, 0.6) is 5.75 Å². The van der Waals surface area contributed by atoms with Gasteiger partial charge >= 0.3 is 12.1 Å². The summed E-state index contributed by atoms with van der Waals surface area (Å²) in [6, 6.07) is 7.10. The van der Waals surface area contributed by atoms with E-state index in [4.69, 9.17) is 32.7 Å². The minimum Gasteiger partial charge on any atom is -0.444 e. The molecule has 0 saturated carbocycles. The molecule has 0 unspecified atom stereocenters. The molecule has 0 bridgehead atoms. The average Bonchev–Trinajstić information content (AvgIpc) is 2.72. The molecule has 0 aliphatic carbocycles. The number of rotatable bonds is 7. The number of alkyl carbamates (subject to hydrolysis) is 1. The summed E-state index contributed by atoms with van der Waals surface area (Å²) < 4.78 is 10.6. The van der Waals surface area contributed by atoms with Crippen molar-refractivity contribution in [1.82, 2.24) is 5.32 Å². The summed E-state index contributed by atoms with van der Waals surface area (Å²) in [7, 11) is 0. The predicted octanol–water partition coefficient (Wildman–Crippen LogP) is 5.61. The van der Waals surface area contributed by atoms with Crippen molar-refractivity contribution in [3.8, 4) is 5.75 Å². The van der Waals surface area contributed by atoms with Crippen molar-refractivity contribution >= 4 is 52.5 Å². The van der Waals surface area contributed by atoms with Crippen LogP contribution in [0.15, 0.2) is 36.4 Å². The minimum atomic E-state index is -1.18. The Kier molecular flexibility index (Phi) is 9.06. The predicted molar refractivity (Wildman–Crippen MR) is 131 cm³/mol. The zero-order valence-electron chi connectivity index (χ0n) is 19.7. The fraction of sp³-hybridized carbons (Fsp3) is 0.348. The Morgan fingerprint density at radius 3 is 2.23 bits per heavy atom. The molecule has 2 N–H and O–H groups in total. The molecule has 0 spiro atoms. The third-order valence-electron chi connectivity index (χ3n) is 4.42. The summed E-state index contributed by atoms with van der Waals surface area (Å²) in [5, 5.41) is 16.3. The normalized spacial score (nSPS) is 12.0. The highest BCUT2D eigenvalue weighted by Gasteiger charge is 2.31. The van der Waals surface area contributed by atoms with E-state index in [9.17, 15) is 24.5 Å². The van der Waals surface area contributed by atoms with Crippen LogP contribution in [0.2, 0.25) is 10.0 Å². The molecule has 2 aromatic carbocycles. The van der Waals surface area contributed by atoms with E-state index in [1.54, 1.807) is 58.9 Å². The van der Waals surface area contributed by atoms with Crippen molar-refractivity contribution in [3.63, 3.8) is 0 Å². The summed E-state index contributed by atoms with van der Waals surface area (Å²) in [5.74, 6) is -2.61. The van der Waals surface area contributed by atoms with Crippen molar-refractivity contribution in [2.75, 3.05) is 5.32 Å². The molecule has 0 saturated heterocycles. The van der Waals surface area contributed by atoms with E-state index in [2.05, 4.69) is 10.6 Å². The van der Waals surface area contributed by atoms with Crippen LogP contribution in [0, 0.1) is 16.0 Å². The number of ether oxygens (including phenoxy) is 2. The molecule has 2 rings (SSSR count). The molecule has 10 nitrogen and oxygen atoms in total. The number of nitrogens with one attached hydrogen (secondary N) is 2. The van der Waals surface area contributed by atoms with Crippen LogP contribution in [-0.2, 0) is 9.53 Å². The lowest BCUT2D eigenvalue weighted by Crippen LogP contribution is -2.48. The second-order valence-electron chi connectivity index (χ2n) is 8.78. The summed E-state index contributed by atoms with van der Waals surface area (Å²) >= 11 is 12.1. The first kappa shape index (κ1) is 27.9. The summed E-state index contributed by atoms with van der Waals surface area (Å²) in [5.41, 5.74) is -1.38. The van der Waals surface area contributed by atoms with Crippen LogP contribution in [-0.4, -0.2) is 34.5 Å². The van der Waals surface area contributed by atoms with E-state index in [0.29, 0.717) is 0 Å². The maximum absolute atomic E-state index is 13.0. The number of hydrogen-bond donors (Lipinski definition) is 2. The minimum absolute atomic E-state index is 0.244. The smallest absolute Gasteiger partial charge is 0.408 e. The maximum Gasteiger partial charge on any atom is 0.408 e. The molecule has 2 amide bonds. The number of carbonyl (C=O) groups is 3. The molecule has 1 atom stereocenters. The Balaban J connectivity index is 2.40. The van der Waals surface area contributed by atoms with Crippen molar-refractivity contribution in [3.05, 3.63) is 62.1 Å². The first-order chi connectivity index (χ1) is 16.2. The first-order valence-electron chi connectivity index (χ1n) is 10.4. The molecular weight excluding hydrogens is 501 g/mol. The number of anilines is 1. The molecule has 0 fully saturated rings. The molecule has 188 valence electrons. The fourth-order valence-corrected chi connectivity index (χ4v) is 3.22. The number of nitro benzene ring substituents is 1. The van der Waals surface area contributed by atoms with Crippen LogP contribution in [0.4, 0.5) is 16.2 Å². The number of amides is 2.